The molecule has 1 aromatic rings. The average Bonchev–Trinajstić information content (AvgIpc) is 3.29. The number of carbonyl (C=O) groups is 1. The van der Waals surface area contributed by atoms with Crippen molar-refractivity contribution in [3.8, 4) is 0 Å². The zero-order valence-corrected chi connectivity index (χ0v) is 14.8. The molecule has 1 aromatic carbocycles. The fraction of sp³-hybridized carbons (Fsp3) is 0.579. The number of fused-ring (bicyclic) bond motifs is 1. The first kappa shape index (κ1) is 16.4. The highest BCUT2D eigenvalue weighted by atomic mass is 16.6. The number of rotatable bonds is 3. The number of hydrogen-bond acceptors (Lipinski definition) is 4. The number of hydrogen-bond donors (Lipinski definition) is 1. The van der Waals surface area contributed by atoms with Crippen molar-refractivity contribution >= 4 is 11.7 Å². The van der Waals surface area contributed by atoms with Crippen LogP contribution in [0.3, 0.4) is 0 Å². The first-order valence-corrected chi connectivity index (χ1v) is 9.25. The van der Waals surface area contributed by atoms with Gasteiger partial charge in [-0.25, -0.2) is 4.79 Å². The van der Waals surface area contributed by atoms with Crippen LogP contribution in [0.15, 0.2) is 29.4 Å². The normalized spacial score (nSPS) is 26.1. The van der Waals surface area contributed by atoms with E-state index in [1.54, 1.807) is 0 Å². The molecule has 3 aliphatic rings. The quantitative estimate of drug-likeness (QED) is 0.914. The monoisotopic (exact) mass is 342 g/mol. The number of nitrogens with one attached hydrogen (secondary N) is 1. The van der Waals surface area contributed by atoms with Crippen LogP contribution in [0.5, 0.6) is 0 Å². The molecule has 0 bridgehead atoms. The van der Waals surface area contributed by atoms with Crippen molar-refractivity contribution in [3.63, 3.8) is 0 Å². The maximum Gasteiger partial charge on any atom is 0.317 e. The van der Waals surface area contributed by atoms with E-state index in [2.05, 4.69) is 46.6 Å². The van der Waals surface area contributed by atoms with Gasteiger partial charge in [-0.05, 0) is 31.9 Å². The van der Waals surface area contributed by atoms with Gasteiger partial charge >= 0.3 is 6.03 Å². The molecule has 0 aliphatic carbocycles. The Morgan fingerprint density at radius 3 is 2.96 bits per heavy atom. The Hall–Kier alpha value is -2.08. The number of nitrogens with zero attached hydrogens (tertiary/aromatic N) is 3. The van der Waals surface area contributed by atoms with Gasteiger partial charge in [-0.1, -0.05) is 35.0 Å². The summed E-state index contributed by atoms with van der Waals surface area (Å²) in [6.45, 7) is 6.43. The van der Waals surface area contributed by atoms with Crippen molar-refractivity contribution in [2.24, 2.45) is 5.16 Å². The molecular formula is C19H26N4O2. The largest absolute Gasteiger partial charge is 0.390 e. The molecular weight excluding hydrogens is 316 g/mol. The van der Waals surface area contributed by atoms with Gasteiger partial charge in [-0.2, -0.15) is 0 Å². The first-order chi connectivity index (χ1) is 12.2. The lowest BCUT2D eigenvalue weighted by Gasteiger charge is -2.37. The molecule has 3 aliphatic heterocycles. The summed E-state index contributed by atoms with van der Waals surface area (Å²) in [6, 6.07) is 8.88. The Balaban J connectivity index is 1.24. The number of urea groups is 1. The lowest BCUT2D eigenvalue weighted by molar-refractivity contribution is 0.0809. The predicted molar refractivity (Wildman–Crippen MR) is 96.8 cm³/mol. The number of benzene rings is 1. The maximum atomic E-state index is 12.4. The standard InChI is InChI=1S/C19H26N4O2/c1-14-4-6-15(7-5-14)18-11-17(25-21-18)12-20-19(24)23-10-9-22-8-2-3-16(22)13-23/h4-7,16-17H,2-3,8-13H2,1H3,(H,20,24)/t16-,17-/m1/s1. The van der Waals surface area contributed by atoms with E-state index in [9.17, 15) is 4.79 Å². The van der Waals surface area contributed by atoms with Crippen LogP contribution in [0.4, 0.5) is 4.79 Å². The van der Waals surface area contributed by atoms with Crippen LogP contribution in [0.25, 0.3) is 0 Å². The van der Waals surface area contributed by atoms with E-state index in [1.807, 2.05) is 4.90 Å². The van der Waals surface area contributed by atoms with E-state index in [0.29, 0.717) is 12.6 Å². The van der Waals surface area contributed by atoms with Gasteiger partial charge in [-0.15, -0.1) is 0 Å². The van der Waals surface area contributed by atoms with E-state index < -0.39 is 0 Å². The zero-order chi connectivity index (χ0) is 17.2. The average molecular weight is 342 g/mol. The van der Waals surface area contributed by atoms with Gasteiger partial charge in [0, 0.05) is 32.1 Å². The van der Waals surface area contributed by atoms with Crippen LogP contribution in [0, 0.1) is 6.92 Å². The van der Waals surface area contributed by atoms with Gasteiger partial charge in [0.25, 0.3) is 0 Å². The first-order valence-electron chi connectivity index (χ1n) is 9.25. The molecule has 2 atom stereocenters. The molecule has 1 N–H and O–H groups in total. The maximum absolute atomic E-state index is 12.4. The van der Waals surface area contributed by atoms with Gasteiger partial charge in [0.2, 0.25) is 0 Å². The van der Waals surface area contributed by atoms with E-state index in [0.717, 1.165) is 37.3 Å². The Morgan fingerprint density at radius 2 is 2.12 bits per heavy atom. The van der Waals surface area contributed by atoms with E-state index in [-0.39, 0.29) is 12.1 Å². The van der Waals surface area contributed by atoms with E-state index in [1.165, 1.54) is 24.9 Å². The molecule has 4 rings (SSSR count). The van der Waals surface area contributed by atoms with Crippen LogP contribution in [0.1, 0.15) is 30.4 Å². The van der Waals surface area contributed by atoms with E-state index in [4.69, 9.17) is 4.84 Å². The van der Waals surface area contributed by atoms with Gasteiger partial charge in [0.1, 0.15) is 0 Å². The number of carbonyl (C=O) groups excluding carboxylic acids is 1. The number of amides is 2. The summed E-state index contributed by atoms with van der Waals surface area (Å²) < 4.78 is 0. The third-order valence-corrected chi connectivity index (χ3v) is 5.47. The molecule has 2 amide bonds. The summed E-state index contributed by atoms with van der Waals surface area (Å²) >= 11 is 0. The Bertz CT molecular complexity index is 658. The molecule has 0 radical (unpaired) electrons. The number of oxime groups is 1. The summed E-state index contributed by atoms with van der Waals surface area (Å²) in [6.07, 6.45) is 3.13. The van der Waals surface area contributed by atoms with Crippen LogP contribution < -0.4 is 5.32 Å². The molecule has 134 valence electrons. The summed E-state index contributed by atoms with van der Waals surface area (Å²) in [4.78, 5) is 22.4. The molecule has 6 nitrogen and oxygen atoms in total. The predicted octanol–water partition coefficient (Wildman–Crippen LogP) is 1.98. The second-order valence-electron chi connectivity index (χ2n) is 7.30. The minimum atomic E-state index is -0.0759. The molecule has 2 saturated heterocycles. The lowest BCUT2D eigenvalue weighted by atomic mass is 10.0. The van der Waals surface area contributed by atoms with E-state index >= 15 is 0 Å². The van der Waals surface area contributed by atoms with Gasteiger partial charge in [-0.3, -0.25) is 4.90 Å². The van der Waals surface area contributed by atoms with Crippen molar-refractivity contribution in [2.45, 2.75) is 38.3 Å². The summed E-state index contributed by atoms with van der Waals surface area (Å²) in [7, 11) is 0. The molecule has 0 unspecified atom stereocenters. The summed E-state index contributed by atoms with van der Waals surface area (Å²) in [5, 5.41) is 7.22. The highest BCUT2D eigenvalue weighted by Gasteiger charge is 2.32. The van der Waals surface area contributed by atoms with Crippen molar-refractivity contribution in [1.29, 1.82) is 0 Å². The minimum Gasteiger partial charge on any atom is -0.390 e. The van der Waals surface area contributed by atoms with Crippen molar-refractivity contribution in [3.05, 3.63) is 35.4 Å². The molecule has 0 aromatic heterocycles. The lowest BCUT2D eigenvalue weighted by Crippen LogP contribution is -2.55. The molecule has 0 spiro atoms. The van der Waals surface area contributed by atoms with Crippen molar-refractivity contribution < 1.29 is 9.63 Å². The highest BCUT2D eigenvalue weighted by Crippen LogP contribution is 2.21. The Labute approximate surface area is 148 Å². The molecule has 6 heteroatoms. The van der Waals surface area contributed by atoms with Crippen LogP contribution in [0.2, 0.25) is 0 Å². The smallest absolute Gasteiger partial charge is 0.317 e. The summed E-state index contributed by atoms with van der Waals surface area (Å²) in [5.74, 6) is 0. The van der Waals surface area contributed by atoms with Crippen molar-refractivity contribution in [1.82, 2.24) is 15.1 Å². The van der Waals surface area contributed by atoms with Gasteiger partial charge in [0.05, 0.1) is 12.3 Å². The van der Waals surface area contributed by atoms with Crippen molar-refractivity contribution in [2.75, 3.05) is 32.7 Å². The third kappa shape index (κ3) is 3.63. The molecule has 25 heavy (non-hydrogen) atoms. The third-order valence-electron chi connectivity index (χ3n) is 5.47. The summed E-state index contributed by atoms with van der Waals surface area (Å²) in [5.41, 5.74) is 3.28. The van der Waals surface area contributed by atoms with Crippen LogP contribution >= 0.6 is 0 Å². The second kappa shape index (κ2) is 7.04. The van der Waals surface area contributed by atoms with Crippen LogP contribution in [-0.4, -0.2) is 66.4 Å². The molecule has 0 saturated carbocycles. The SMILES string of the molecule is Cc1ccc(C2=NO[C@@H](CNC(=O)N3CCN4CCC[C@@H]4C3)C2)cc1. The van der Waals surface area contributed by atoms with Crippen LogP contribution in [-0.2, 0) is 4.84 Å². The fourth-order valence-corrected chi connectivity index (χ4v) is 3.94. The second-order valence-corrected chi connectivity index (χ2v) is 7.30. The zero-order valence-electron chi connectivity index (χ0n) is 14.8. The van der Waals surface area contributed by atoms with Gasteiger partial charge in [0.15, 0.2) is 6.10 Å². The Morgan fingerprint density at radius 1 is 1.28 bits per heavy atom. The number of aryl methyl sites for hydroxylation is 1. The molecule has 3 heterocycles. The fourth-order valence-electron chi connectivity index (χ4n) is 3.94. The highest BCUT2D eigenvalue weighted by molar-refractivity contribution is 6.01. The van der Waals surface area contributed by atoms with Gasteiger partial charge < -0.3 is 15.1 Å². The Kier molecular flexibility index (Phi) is 4.61. The number of piperazine rings is 1. The molecule has 2 fully saturated rings. The topological polar surface area (TPSA) is 57.2 Å². The minimum absolute atomic E-state index is 0.0268.